The maximum Gasteiger partial charge on any atom is 0.168 e. The Balaban J connectivity index is 1.37. The molecule has 5 saturated carbocycles. The largest absolute Gasteiger partial charge is 0.393 e. The number of aliphatic hydroxyl groups is 3. The molecule has 0 aromatic carbocycles. The zero-order chi connectivity index (χ0) is 25.6. The van der Waals surface area contributed by atoms with E-state index in [2.05, 4.69) is 34.6 Å². The lowest BCUT2D eigenvalue weighted by molar-refractivity contribution is -0.193. The molecule has 1 saturated heterocycles. The third-order valence-corrected chi connectivity index (χ3v) is 13.6. The van der Waals surface area contributed by atoms with Crippen molar-refractivity contribution in [1.82, 2.24) is 0 Å². The van der Waals surface area contributed by atoms with Gasteiger partial charge in [-0.3, -0.25) is 4.79 Å². The molecule has 198 valence electrons. The monoisotopic (exact) mass is 488 g/mol. The first kappa shape index (κ1) is 24.8. The minimum absolute atomic E-state index is 0.0554. The minimum atomic E-state index is -1.26. The van der Waals surface area contributed by atoms with Crippen LogP contribution in [0.15, 0.2) is 0 Å². The summed E-state index contributed by atoms with van der Waals surface area (Å²) in [5, 5.41) is 32.2. The molecule has 0 unspecified atom stereocenters. The van der Waals surface area contributed by atoms with Crippen molar-refractivity contribution in [2.24, 2.45) is 50.7 Å². The summed E-state index contributed by atoms with van der Waals surface area (Å²) < 4.78 is 6.49. The second-order valence-corrected chi connectivity index (χ2v) is 15.5. The van der Waals surface area contributed by atoms with E-state index < -0.39 is 29.3 Å². The Hall–Kier alpha value is -0.490. The van der Waals surface area contributed by atoms with Crippen molar-refractivity contribution in [2.75, 3.05) is 0 Å². The summed E-state index contributed by atoms with van der Waals surface area (Å²) in [6.07, 6.45) is 6.14. The molecule has 0 amide bonds. The molecule has 5 aliphatic carbocycles. The smallest absolute Gasteiger partial charge is 0.168 e. The Labute approximate surface area is 211 Å². The summed E-state index contributed by atoms with van der Waals surface area (Å²) >= 11 is 0. The number of carbonyl (C=O) groups excluding carboxylic acids is 1. The van der Waals surface area contributed by atoms with E-state index in [1.165, 1.54) is 12.8 Å². The third-order valence-electron chi connectivity index (χ3n) is 13.6. The molecule has 6 fully saturated rings. The van der Waals surface area contributed by atoms with Crippen LogP contribution in [0.25, 0.3) is 0 Å². The van der Waals surface area contributed by atoms with Crippen LogP contribution >= 0.6 is 0 Å². The van der Waals surface area contributed by atoms with E-state index in [-0.39, 0.29) is 40.0 Å². The van der Waals surface area contributed by atoms with E-state index in [0.29, 0.717) is 23.7 Å². The van der Waals surface area contributed by atoms with Crippen molar-refractivity contribution in [1.29, 1.82) is 0 Å². The summed E-state index contributed by atoms with van der Waals surface area (Å²) in [4.78, 5) is 14.5. The van der Waals surface area contributed by atoms with E-state index in [0.717, 1.165) is 32.1 Å². The van der Waals surface area contributed by atoms with E-state index in [4.69, 9.17) is 4.74 Å². The molecule has 1 heterocycles. The topological polar surface area (TPSA) is 87.0 Å². The average Bonchev–Trinajstić information content (AvgIpc) is 3.40. The molecule has 5 heteroatoms. The highest BCUT2D eigenvalue weighted by Gasteiger charge is 2.84. The Morgan fingerprint density at radius 3 is 2.29 bits per heavy atom. The Kier molecular flexibility index (Phi) is 4.91. The van der Waals surface area contributed by atoms with Crippen LogP contribution in [0, 0.1) is 50.7 Å². The number of ketones is 1. The molecular formula is C30H48O5. The quantitative estimate of drug-likeness (QED) is 0.533. The molecule has 12 atom stereocenters. The fraction of sp³-hybridized carbons (Fsp3) is 0.967. The van der Waals surface area contributed by atoms with Gasteiger partial charge >= 0.3 is 0 Å². The van der Waals surface area contributed by atoms with Gasteiger partial charge in [0.15, 0.2) is 5.78 Å². The maximum absolute atomic E-state index is 14.5. The molecule has 0 radical (unpaired) electrons. The highest BCUT2D eigenvalue weighted by atomic mass is 16.5. The lowest BCUT2D eigenvalue weighted by Gasteiger charge is -2.62. The van der Waals surface area contributed by atoms with Gasteiger partial charge in [0, 0.05) is 11.3 Å². The Bertz CT molecular complexity index is 938. The van der Waals surface area contributed by atoms with Crippen LogP contribution in [0.4, 0.5) is 0 Å². The molecule has 1 aliphatic heterocycles. The first-order valence-corrected chi connectivity index (χ1v) is 14.4. The maximum atomic E-state index is 14.5. The fourth-order valence-corrected chi connectivity index (χ4v) is 11.7. The molecule has 5 nitrogen and oxygen atoms in total. The minimum Gasteiger partial charge on any atom is -0.393 e. The normalized spacial score (nSPS) is 57.3. The van der Waals surface area contributed by atoms with E-state index in [1.54, 1.807) is 13.8 Å². The van der Waals surface area contributed by atoms with Crippen molar-refractivity contribution in [3.8, 4) is 0 Å². The number of rotatable bonds is 2. The Morgan fingerprint density at radius 1 is 1.00 bits per heavy atom. The second kappa shape index (κ2) is 6.93. The lowest BCUT2D eigenvalue weighted by Crippen LogP contribution is -2.59. The van der Waals surface area contributed by atoms with Crippen molar-refractivity contribution in [3.63, 3.8) is 0 Å². The average molecular weight is 489 g/mol. The van der Waals surface area contributed by atoms with E-state index >= 15 is 0 Å². The van der Waals surface area contributed by atoms with Gasteiger partial charge in [0.25, 0.3) is 0 Å². The zero-order valence-electron chi connectivity index (χ0n) is 22.9. The second-order valence-electron chi connectivity index (χ2n) is 15.5. The molecule has 0 bridgehead atoms. The summed E-state index contributed by atoms with van der Waals surface area (Å²) in [5.41, 5.74) is -1.31. The number of hydrogen-bond acceptors (Lipinski definition) is 5. The fourth-order valence-electron chi connectivity index (χ4n) is 11.7. The van der Waals surface area contributed by atoms with Crippen molar-refractivity contribution in [3.05, 3.63) is 0 Å². The van der Waals surface area contributed by atoms with E-state index in [1.807, 2.05) is 0 Å². The third kappa shape index (κ3) is 2.68. The van der Waals surface area contributed by atoms with Gasteiger partial charge in [-0.1, -0.05) is 34.6 Å². The van der Waals surface area contributed by atoms with Crippen LogP contribution < -0.4 is 0 Å². The predicted octanol–water partition coefficient (Wildman–Crippen LogP) is 4.50. The zero-order valence-corrected chi connectivity index (χ0v) is 22.9. The summed E-state index contributed by atoms with van der Waals surface area (Å²) in [6, 6.07) is 0. The Morgan fingerprint density at radius 2 is 1.63 bits per heavy atom. The SMILES string of the molecule is C[C@@H]1C[C@H]([C@H](O)C(C)(C)O)O[C@H]2C(=O)[C@@]3(C)[C@@H]4CC[C@H]5C(C)(C)[C@@H](O)CC[C@@]56C[C@@]46CC[C@]3(C)[C@@H]12. The van der Waals surface area contributed by atoms with Gasteiger partial charge in [-0.25, -0.2) is 0 Å². The lowest BCUT2D eigenvalue weighted by atomic mass is 9.41. The number of Topliss-reactive ketones (excluding diaryl/α,β-unsaturated/α-hetero) is 1. The van der Waals surface area contributed by atoms with Crippen LogP contribution in [0.3, 0.4) is 0 Å². The molecular weight excluding hydrogens is 440 g/mol. The summed E-state index contributed by atoms with van der Waals surface area (Å²) in [7, 11) is 0. The summed E-state index contributed by atoms with van der Waals surface area (Å²) in [6.45, 7) is 14.7. The molecule has 0 aromatic heterocycles. The van der Waals surface area contributed by atoms with Crippen LogP contribution in [0.2, 0.25) is 0 Å². The number of aliphatic hydroxyl groups excluding tert-OH is 2. The van der Waals surface area contributed by atoms with Gasteiger partial charge in [-0.15, -0.1) is 0 Å². The molecule has 6 rings (SSSR count). The number of ether oxygens (including phenoxy) is 1. The van der Waals surface area contributed by atoms with Gasteiger partial charge in [-0.05, 0) is 105 Å². The predicted molar refractivity (Wildman–Crippen MR) is 133 cm³/mol. The highest BCUT2D eigenvalue weighted by molar-refractivity contribution is 5.93. The molecule has 3 N–H and O–H groups in total. The van der Waals surface area contributed by atoms with Gasteiger partial charge in [-0.2, -0.15) is 0 Å². The van der Waals surface area contributed by atoms with Gasteiger partial charge < -0.3 is 20.1 Å². The molecule has 6 aliphatic rings. The first-order valence-electron chi connectivity index (χ1n) is 14.4. The van der Waals surface area contributed by atoms with E-state index in [9.17, 15) is 20.1 Å². The van der Waals surface area contributed by atoms with Crippen molar-refractivity contribution in [2.45, 2.75) is 130 Å². The number of carbonyl (C=O) groups is 1. The van der Waals surface area contributed by atoms with Crippen LogP contribution in [0.1, 0.15) is 99.8 Å². The highest BCUT2D eigenvalue weighted by Crippen LogP contribution is 2.88. The standard InChI is InChI=1S/C30H48O5/c1-16-14-17(23(32)26(4,5)34)35-22-21(16)27(6)12-13-30-15-29(30)11-10-20(31)25(2,3)18(29)8-9-19(30)28(27,7)24(22)33/h16-23,31-32,34H,8-15H2,1-7H3/t16-,17-,18+,19+,20+,21+,22-,23+,27-,28-,29-,30+/m1/s1. The van der Waals surface area contributed by atoms with Gasteiger partial charge in [0.05, 0.1) is 17.8 Å². The first-order chi connectivity index (χ1) is 16.1. The van der Waals surface area contributed by atoms with Gasteiger partial charge in [0.2, 0.25) is 0 Å². The summed E-state index contributed by atoms with van der Waals surface area (Å²) in [5.74, 6) is 1.61. The molecule has 35 heavy (non-hydrogen) atoms. The van der Waals surface area contributed by atoms with Crippen molar-refractivity contribution >= 4 is 5.78 Å². The molecule has 0 aromatic rings. The van der Waals surface area contributed by atoms with Crippen LogP contribution in [0.5, 0.6) is 0 Å². The number of hydrogen-bond donors (Lipinski definition) is 3. The van der Waals surface area contributed by atoms with Crippen molar-refractivity contribution < 1.29 is 24.9 Å². The number of fused-ring (bicyclic) bond motifs is 4. The van der Waals surface area contributed by atoms with Gasteiger partial charge in [0.1, 0.15) is 12.2 Å². The van der Waals surface area contributed by atoms with Crippen LogP contribution in [-0.4, -0.2) is 51.1 Å². The van der Waals surface area contributed by atoms with Crippen LogP contribution in [-0.2, 0) is 9.53 Å². The molecule has 2 spiro atoms.